The van der Waals surface area contributed by atoms with Gasteiger partial charge in [0.2, 0.25) is 65.0 Å². The Balaban J connectivity index is 1.87. The maximum Gasteiger partial charge on any atom is 0.248 e. The van der Waals surface area contributed by atoms with Crippen molar-refractivity contribution in [3.05, 3.63) is 71.8 Å². The predicted molar refractivity (Wildman–Crippen MR) is 336 cm³/mol. The molecule has 0 spiro atoms. The number of likely N-dealkylation sites (N-methyl/N-ethyl adjacent to an activating group) is 4. The molecule has 2 aromatic rings. The molecule has 0 aliphatic carbocycles. The highest BCUT2D eigenvalue weighted by molar-refractivity contribution is 5.99. The Morgan fingerprint density at radius 2 is 1.11 bits per heavy atom. The third kappa shape index (κ3) is 22.5. The van der Waals surface area contributed by atoms with Crippen LogP contribution in [0, 0.1) is 17.8 Å². The molecule has 2 fully saturated rings. The molecular formula is C65H101N11O13. The standard InChI is InChI=1S/C65H101N11O13/c1-40(2)33-49-59(83)70-55(43(7)77)64(88)73(13)50(36-45-27-21-17-22-28-45)58(82)66-38-54(80)75(15)56(42(5)6)60(84)68-46(35-44-25-19-16-20-26-44)57(81)69-47(62(86)76-30-23-18-24-31-76)37-53(79)71(11)32-29-52(78)67-48(39-89-65(8,9)10)61(85)74(14)51(34-41(3)4)63(87)72(49)12/h16-17,19-22,25-28,40-43,46-51,55-56,77H,18,23-24,29-39H2,1-15H3,(H,66,82)(H,67,78)(H,68,84)(H,69,81)(H,70,83)/t43?,46-,47?,48-,49-,50-,51-,55?,56-/m0/s1. The summed E-state index contributed by atoms with van der Waals surface area (Å²) in [6.07, 6.45) is -0.0678. The zero-order chi connectivity index (χ0) is 66.6. The quantitative estimate of drug-likeness (QED) is 0.168. The van der Waals surface area contributed by atoms with Crippen molar-refractivity contribution in [2.24, 2.45) is 17.8 Å². The molecule has 3 unspecified atom stereocenters. The van der Waals surface area contributed by atoms with Crippen molar-refractivity contribution in [3.63, 3.8) is 0 Å². The van der Waals surface area contributed by atoms with Gasteiger partial charge in [-0.05, 0) is 88.7 Å². The predicted octanol–water partition coefficient (Wildman–Crippen LogP) is 2.04. The molecule has 89 heavy (non-hydrogen) atoms. The summed E-state index contributed by atoms with van der Waals surface area (Å²) in [6.45, 7) is 17.0. The second kappa shape index (κ2) is 34.5. The molecule has 2 aliphatic heterocycles. The molecule has 2 heterocycles. The molecule has 24 nitrogen and oxygen atoms in total. The van der Waals surface area contributed by atoms with Gasteiger partial charge in [-0.1, -0.05) is 102 Å². The minimum atomic E-state index is -1.67. The smallest absolute Gasteiger partial charge is 0.248 e. The van der Waals surface area contributed by atoms with E-state index in [1.807, 2.05) is 27.7 Å². The number of carbonyl (C=O) groups excluding carboxylic acids is 11. The number of aliphatic hydroxyl groups is 1. The van der Waals surface area contributed by atoms with E-state index in [1.54, 1.807) is 100 Å². The lowest BCUT2D eigenvalue weighted by molar-refractivity contribution is -0.152. The van der Waals surface area contributed by atoms with Gasteiger partial charge in [0.1, 0.15) is 48.3 Å². The number of likely N-dealkylation sites (tertiary alicyclic amines) is 1. The number of benzene rings is 2. The van der Waals surface area contributed by atoms with Crippen LogP contribution in [0.15, 0.2) is 60.7 Å². The normalized spacial score (nSPS) is 24.7. The number of piperidine rings is 1. The van der Waals surface area contributed by atoms with Crippen LogP contribution < -0.4 is 26.6 Å². The Morgan fingerprint density at radius 1 is 0.573 bits per heavy atom. The van der Waals surface area contributed by atoms with Crippen LogP contribution in [-0.4, -0.2) is 228 Å². The summed E-state index contributed by atoms with van der Waals surface area (Å²) in [6, 6.07) is 6.71. The lowest BCUT2D eigenvalue weighted by atomic mass is 9.97. The highest BCUT2D eigenvalue weighted by atomic mass is 16.5. The number of amides is 11. The topological polar surface area (TPSA) is 297 Å². The zero-order valence-corrected chi connectivity index (χ0v) is 55.1. The van der Waals surface area contributed by atoms with Gasteiger partial charge in [0.15, 0.2) is 0 Å². The van der Waals surface area contributed by atoms with E-state index in [9.17, 15) is 53.1 Å². The average Bonchev–Trinajstić information content (AvgIpc) is 1.51. The van der Waals surface area contributed by atoms with Gasteiger partial charge in [0.25, 0.3) is 0 Å². The SMILES string of the molecule is CC(C)C[C@H]1C(=O)N(C)[C@@H](CC(C)C)C(=O)NC(C(C)O)C(=O)N(C)[C@@H](Cc2ccccc2)C(=O)NCC(=O)N(C)[C@@H](C(C)C)C(=O)N[C@@H](Cc2ccccc2)C(=O)NC(C(=O)N2CCCCC2)CC(=O)N(C)CCC(=O)N[C@@H](COC(C)(C)C)C(=O)N1C. The van der Waals surface area contributed by atoms with Gasteiger partial charge in [-0.25, -0.2) is 0 Å². The van der Waals surface area contributed by atoms with Crippen molar-refractivity contribution in [2.45, 2.75) is 187 Å². The maximum atomic E-state index is 15.0. The molecule has 0 aromatic heterocycles. The number of carbonyl (C=O) groups is 11. The first-order chi connectivity index (χ1) is 41.7. The largest absolute Gasteiger partial charge is 0.391 e. The molecule has 2 aromatic carbocycles. The van der Waals surface area contributed by atoms with E-state index in [0.717, 1.165) is 16.2 Å². The molecule has 9 atom stereocenters. The van der Waals surface area contributed by atoms with Gasteiger partial charge in [-0.2, -0.15) is 0 Å². The summed E-state index contributed by atoms with van der Waals surface area (Å²) in [5, 5.41) is 25.0. The third-order valence-electron chi connectivity index (χ3n) is 16.2. The van der Waals surface area contributed by atoms with Gasteiger partial charge < -0.3 is 65.8 Å². The highest BCUT2D eigenvalue weighted by Crippen LogP contribution is 2.22. The molecule has 11 amide bonds. The number of hydrogen-bond acceptors (Lipinski definition) is 13. The third-order valence-corrected chi connectivity index (χ3v) is 16.2. The lowest BCUT2D eigenvalue weighted by Gasteiger charge is -2.38. The monoisotopic (exact) mass is 1240 g/mol. The van der Waals surface area contributed by atoms with Crippen LogP contribution >= 0.6 is 0 Å². The van der Waals surface area contributed by atoms with Crippen LogP contribution in [0.5, 0.6) is 0 Å². The van der Waals surface area contributed by atoms with E-state index in [1.165, 1.54) is 56.9 Å². The molecule has 0 bridgehead atoms. The van der Waals surface area contributed by atoms with Gasteiger partial charge in [0.05, 0.1) is 31.3 Å². The van der Waals surface area contributed by atoms with Crippen LogP contribution in [0.2, 0.25) is 0 Å². The number of ether oxygens (including phenoxy) is 1. The van der Waals surface area contributed by atoms with E-state index in [2.05, 4.69) is 26.6 Å². The summed E-state index contributed by atoms with van der Waals surface area (Å²) in [7, 11) is 6.97. The molecule has 4 rings (SSSR count). The summed E-state index contributed by atoms with van der Waals surface area (Å²) < 4.78 is 6.07. The number of rotatable bonds is 13. The summed E-state index contributed by atoms with van der Waals surface area (Å²) in [5.74, 6) is -8.79. The van der Waals surface area contributed by atoms with Gasteiger partial charge >= 0.3 is 0 Å². The fourth-order valence-corrected chi connectivity index (χ4v) is 10.9. The number of nitrogens with one attached hydrogen (secondary N) is 5. The van der Waals surface area contributed by atoms with Crippen LogP contribution in [0.3, 0.4) is 0 Å². The molecule has 6 N–H and O–H groups in total. The van der Waals surface area contributed by atoms with Crippen molar-refractivity contribution < 1.29 is 62.6 Å². The molecular weight excluding hydrogens is 1140 g/mol. The molecule has 24 heteroatoms. The zero-order valence-electron chi connectivity index (χ0n) is 55.1. The van der Waals surface area contributed by atoms with E-state index < -0.39 is 144 Å². The minimum Gasteiger partial charge on any atom is -0.391 e. The van der Waals surface area contributed by atoms with Crippen LogP contribution in [0.4, 0.5) is 0 Å². The fraction of sp³-hybridized carbons (Fsp3) is 0.646. The number of nitrogens with zero attached hydrogens (tertiary/aromatic N) is 6. The Labute approximate surface area is 526 Å². The maximum absolute atomic E-state index is 15.0. The van der Waals surface area contributed by atoms with Crippen LogP contribution in [0.25, 0.3) is 0 Å². The van der Waals surface area contributed by atoms with Gasteiger partial charge in [0, 0.05) is 74.1 Å². The summed E-state index contributed by atoms with van der Waals surface area (Å²) in [4.78, 5) is 168. The number of aliphatic hydroxyl groups excluding tert-OH is 1. The van der Waals surface area contributed by atoms with Gasteiger partial charge in [-0.15, -0.1) is 0 Å². The van der Waals surface area contributed by atoms with Crippen LogP contribution in [0.1, 0.15) is 125 Å². The molecule has 2 aliphatic rings. The Morgan fingerprint density at radius 3 is 1.65 bits per heavy atom. The highest BCUT2D eigenvalue weighted by Gasteiger charge is 2.42. The molecule has 494 valence electrons. The first-order valence-electron chi connectivity index (χ1n) is 31.2. The lowest BCUT2D eigenvalue weighted by Crippen LogP contribution is -2.62. The van der Waals surface area contributed by atoms with Crippen molar-refractivity contribution >= 4 is 65.0 Å². The average molecular weight is 1240 g/mol. The Bertz CT molecular complexity index is 2730. The number of hydrogen-bond donors (Lipinski definition) is 6. The van der Waals surface area contributed by atoms with Crippen molar-refractivity contribution in [1.82, 2.24) is 56.0 Å². The van der Waals surface area contributed by atoms with Crippen molar-refractivity contribution in [1.29, 1.82) is 0 Å². The van der Waals surface area contributed by atoms with E-state index in [4.69, 9.17) is 4.74 Å². The van der Waals surface area contributed by atoms with E-state index >= 15 is 4.79 Å². The minimum absolute atomic E-state index is 0.0660. The van der Waals surface area contributed by atoms with Crippen LogP contribution in [-0.2, 0) is 70.3 Å². The molecule has 0 saturated carbocycles. The summed E-state index contributed by atoms with van der Waals surface area (Å²) >= 11 is 0. The van der Waals surface area contributed by atoms with Crippen molar-refractivity contribution in [2.75, 3.05) is 68.0 Å². The second-order valence-corrected chi connectivity index (χ2v) is 26.0. The molecule has 2 saturated heterocycles. The Kier molecular flexibility index (Phi) is 28.7. The summed E-state index contributed by atoms with van der Waals surface area (Å²) in [5.41, 5.74) is 0.469. The van der Waals surface area contributed by atoms with Gasteiger partial charge in [-0.3, -0.25) is 52.7 Å². The van der Waals surface area contributed by atoms with Crippen molar-refractivity contribution in [3.8, 4) is 0 Å². The first-order valence-corrected chi connectivity index (χ1v) is 31.2. The second-order valence-electron chi connectivity index (χ2n) is 26.0. The van der Waals surface area contributed by atoms with E-state index in [0.29, 0.717) is 37.1 Å². The molecule has 0 radical (unpaired) electrons. The van der Waals surface area contributed by atoms with E-state index in [-0.39, 0.29) is 57.1 Å². The Hall–Kier alpha value is -7.47. The fourth-order valence-electron chi connectivity index (χ4n) is 10.9. The first kappa shape index (κ1) is 74.0.